The largest absolute Gasteiger partial charge is 0.372 e. The molecule has 0 N–H and O–H groups in total. The normalized spacial score (nSPS) is 57.6. The summed E-state index contributed by atoms with van der Waals surface area (Å²) >= 11 is 0. The van der Waals surface area contributed by atoms with Crippen molar-refractivity contribution in [2.45, 2.75) is 43.5 Å². The summed E-state index contributed by atoms with van der Waals surface area (Å²) in [6.07, 6.45) is 6.11. The summed E-state index contributed by atoms with van der Waals surface area (Å²) in [4.78, 5) is 0. The Morgan fingerprint density at radius 2 is 2.20 bits per heavy atom. The molecular formula is C8H12O2. The van der Waals surface area contributed by atoms with Gasteiger partial charge < -0.3 is 9.47 Å². The monoisotopic (exact) mass is 140 g/mol. The molecule has 0 aromatic heterocycles. The summed E-state index contributed by atoms with van der Waals surface area (Å²) in [6.45, 7) is 0.866. The minimum absolute atomic E-state index is 0.234. The molecule has 2 aliphatic heterocycles. The zero-order valence-electron chi connectivity index (χ0n) is 6.01. The molecule has 56 valence electrons. The van der Waals surface area contributed by atoms with Crippen LogP contribution in [-0.2, 0) is 9.47 Å². The lowest BCUT2D eigenvalue weighted by molar-refractivity contribution is -0.0223. The van der Waals surface area contributed by atoms with Crippen LogP contribution in [0.1, 0.15) is 25.7 Å². The first kappa shape index (κ1) is 5.56. The highest BCUT2D eigenvalue weighted by Crippen LogP contribution is 2.53. The summed E-state index contributed by atoms with van der Waals surface area (Å²) in [5.41, 5.74) is 0.234. The Morgan fingerprint density at radius 3 is 3.00 bits per heavy atom. The molecule has 10 heavy (non-hydrogen) atoms. The molecule has 2 nitrogen and oxygen atoms in total. The van der Waals surface area contributed by atoms with E-state index in [1.807, 2.05) is 0 Å². The first-order valence-electron chi connectivity index (χ1n) is 4.21. The molecule has 0 amide bonds. The molecule has 2 saturated heterocycles. The van der Waals surface area contributed by atoms with Crippen molar-refractivity contribution in [2.24, 2.45) is 0 Å². The van der Waals surface area contributed by atoms with Gasteiger partial charge >= 0.3 is 0 Å². The molecule has 1 spiro atoms. The molecule has 3 fully saturated rings. The van der Waals surface area contributed by atoms with Gasteiger partial charge in [-0.15, -0.1) is 0 Å². The zero-order valence-corrected chi connectivity index (χ0v) is 6.01. The van der Waals surface area contributed by atoms with Gasteiger partial charge in [-0.2, -0.15) is 0 Å². The van der Waals surface area contributed by atoms with Crippen LogP contribution in [0.15, 0.2) is 0 Å². The molecule has 3 rings (SSSR count). The van der Waals surface area contributed by atoms with Crippen LogP contribution in [0.3, 0.4) is 0 Å². The third-order valence-electron chi connectivity index (χ3n) is 3.13. The topological polar surface area (TPSA) is 21.8 Å². The molecule has 0 bridgehead atoms. The van der Waals surface area contributed by atoms with E-state index in [1.54, 1.807) is 0 Å². The van der Waals surface area contributed by atoms with E-state index >= 15 is 0 Å². The number of epoxide rings is 1. The molecule has 0 unspecified atom stereocenters. The van der Waals surface area contributed by atoms with E-state index in [2.05, 4.69) is 0 Å². The molecule has 2 heteroatoms. The summed E-state index contributed by atoms with van der Waals surface area (Å²) < 4.78 is 11.2. The van der Waals surface area contributed by atoms with Crippen molar-refractivity contribution in [1.82, 2.24) is 0 Å². The van der Waals surface area contributed by atoms with E-state index < -0.39 is 0 Å². The third-order valence-corrected chi connectivity index (χ3v) is 3.13. The van der Waals surface area contributed by atoms with Crippen molar-refractivity contribution in [3.05, 3.63) is 0 Å². The highest BCUT2D eigenvalue weighted by atomic mass is 16.7. The predicted molar refractivity (Wildman–Crippen MR) is 35.8 cm³/mol. The lowest BCUT2D eigenvalue weighted by Crippen LogP contribution is -2.31. The lowest BCUT2D eigenvalue weighted by Gasteiger charge is -2.24. The van der Waals surface area contributed by atoms with Crippen molar-refractivity contribution in [1.29, 1.82) is 0 Å². The van der Waals surface area contributed by atoms with Crippen molar-refractivity contribution in [3.63, 3.8) is 0 Å². The van der Waals surface area contributed by atoms with Gasteiger partial charge in [0.25, 0.3) is 0 Å². The highest BCUT2D eigenvalue weighted by Gasteiger charge is 2.66. The van der Waals surface area contributed by atoms with Crippen LogP contribution in [0.4, 0.5) is 0 Å². The van der Waals surface area contributed by atoms with Crippen LogP contribution in [0.25, 0.3) is 0 Å². The maximum absolute atomic E-state index is 5.62. The van der Waals surface area contributed by atoms with Crippen LogP contribution in [0.2, 0.25) is 0 Å². The van der Waals surface area contributed by atoms with E-state index in [4.69, 9.17) is 9.47 Å². The van der Waals surface area contributed by atoms with Gasteiger partial charge in [-0.1, -0.05) is 12.8 Å². The van der Waals surface area contributed by atoms with Gasteiger partial charge in [0, 0.05) is 0 Å². The predicted octanol–water partition coefficient (Wildman–Crippen LogP) is 1.10. The summed E-state index contributed by atoms with van der Waals surface area (Å²) in [5, 5.41) is 0. The highest BCUT2D eigenvalue weighted by molar-refractivity contribution is 5.13. The smallest absolute Gasteiger partial charge is 0.123 e. The first-order valence-corrected chi connectivity index (χ1v) is 4.21. The van der Waals surface area contributed by atoms with Crippen LogP contribution < -0.4 is 0 Å². The molecule has 1 aliphatic carbocycles. The average Bonchev–Trinajstić information content (AvgIpc) is 2.55. The molecule has 3 atom stereocenters. The number of hydrogen-bond donors (Lipinski definition) is 0. The van der Waals surface area contributed by atoms with Crippen molar-refractivity contribution in [3.8, 4) is 0 Å². The molecular weight excluding hydrogens is 128 g/mol. The quantitative estimate of drug-likeness (QED) is 0.470. The van der Waals surface area contributed by atoms with Crippen molar-refractivity contribution >= 4 is 0 Å². The van der Waals surface area contributed by atoms with Gasteiger partial charge in [0.15, 0.2) is 0 Å². The fourth-order valence-corrected chi connectivity index (χ4v) is 2.47. The maximum atomic E-state index is 5.62. The van der Waals surface area contributed by atoms with Crippen LogP contribution in [0, 0.1) is 0 Å². The van der Waals surface area contributed by atoms with Crippen molar-refractivity contribution < 1.29 is 9.47 Å². The summed E-state index contributed by atoms with van der Waals surface area (Å²) in [7, 11) is 0. The van der Waals surface area contributed by atoms with Gasteiger partial charge in [-0.25, -0.2) is 0 Å². The molecule has 0 radical (unpaired) electrons. The Hall–Kier alpha value is -0.0800. The summed E-state index contributed by atoms with van der Waals surface area (Å²) in [6, 6.07) is 0. The Balaban J connectivity index is 1.89. The Kier molecular flexibility index (Phi) is 0.868. The second-order valence-electron chi connectivity index (χ2n) is 3.63. The second kappa shape index (κ2) is 1.56. The van der Waals surface area contributed by atoms with E-state index in [1.165, 1.54) is 25.7 Å². The Labute approximate surface area is 60.5 Å². The van der Waals surface area contributed by atoms with E-state index in [0.29, 0.717) is 12.2 Å². The minimum atomic E-state index is 0.234. The zero-order chi connectivity index (χ0) is 6.60. The Morgan fingerprint density at radius 1 is 1.20 bits per heavy atom. The lowest BCUT2D eigenvalue weighted by atomic mass is 9.85. The molecule has 0 aromatic carbocycles. The van der Waals surface area contributed by atoms with E-state index in [-0.39, 0.29) is 5.60 Å². The van der Waals surface area contributed by atoms with Crippen LogP contribution in [-0.4, -0.2) is 24.4 Å². The molecule has 2 heterocycles. The average molecular weight is 140 g/mol. The SMILES string of the molecule is C1CC[C@]23O[C@H]2CO[C@@H]3C1. The van der Waals surface area contributed by atoms with Gasteiger partial charge in [0.2, 0.25) is 0 Å². The number of ether oxygens (including phenoxy) is 2. The standard InChI is InChI=1S/C8H12O2/c1-2-4-8-6(3-1)9-5-7(8)10-8/h6-7H,1-5H2/t6-,7+,8-/m1/s1. The Bertz CT molecular complexity index is 169. The van der Waals surface area contributed by atoms with E-state index in [0.717, 1.165) is 6.61 Å². The molecule has 3 aliphatic rings. The van der Waals surface area contributed by atoms with Crippen molar-refractivity contribution in [2.75, 3.05) is 6.61 Å². The second-order valence-corrected chi connectivity index (χ2v) is 3.63. The fourth-order valence-electron chi connectivity index (χ4n) is 2.47. The molecule has 1 saturated carbocycles. The summed E-state index contributed by atoms with van der Waals surface area (Å²) in [5.74, 6) is 0. The number of rotatable bonds is 0. The van der Waals surface area contributed by atoms with Crippen LogP contribution in [0.5, 0.6) is 0 Å². The van der Waals surface area contributed by atoms with E-state index in [9.17, 15) is 0 Å². The van der Waals surface area contributed by atoms with Gasteiger partial charge in [0.1, 0.15) is 11.7 Å². The van der Waals surface area contributed by atoms with Gasteiger partial charge in [0.05, 0.1) is 12.7 Å². The van der Waals surface area contributed by atoms with Gasteiger partial charge in [-0.3, -0.25) is 0 Å². The first-order chi connectivity index (χ1) is 4.92. The fraction of sp³-hybridized carbons (Fsp3) is 1.00. The minimum Gasteiger partial charge on any atom is -0.372 e. The third kappa shape index (κ3) is 0.487. The van der Waals surface area contributed by atoms with Gasteiger partial charge in [-0.05, 0) is 12.8 Å². The van der Waals surface area contributed by atoms with Crippen LogP contribution >= 0.6 is 0 Å². The maximum Gasteiger partial charge on any atom is 0.123 e. The number of hydrogen-bond acceptors (Lipinski definition) is 2. The molecule has 0 aromatic rings.